The van der Waals surface area contributed by atoms with Gasteiger partial charge in [-0.1, -0.05) is 43.9 Å². The van der Waals surface area contributed by atoms with Crippen LogP contribution in [0.15, 0.2) is 66.3 Å². The third kappa shape index (κ3) is 8.31. The van der Waals surface area contributed by atoms with E-state index in [2.05, 4.69) is 72.5 Å². The summed E-state index contributed by atoms with van der Waals surface area (Å²) in [5.41, 5.74) is 5.48. The Bertz CT molecular complexity index is 1040. The number of nitrogens with zero attached hydrogens (tertiary/aromatic N) is 3. The van der Waals surface area contributed by atoms with Crippen LogP contribution in [0.2, 0.25) is 0 Å². The molecular weight excluding hydrogens is 420 g/mol. The Hall–Kier alpha value is -3.18. The Morgan fingerprint density at radius 1 is 1.21 bits per heavy atom. The van der Waals surface area contributed by atoms with Crippen molar-refractivity contribution in [1.29, 1.82) is 0 Å². The normalized spacial score (nSPS) is 12.8. The van der Waals surface area contributed by atoms with Gasteiger partial charge in [0.15, 0.2) is 0 Å². The highest BCUT2D eigenvalue weighted by Crippen LogP contribution is 2.29. The van der Waals surface area contributed by atoms with E-state index in [1.54, 1.807) is 7.05 Å². The molecule has 0 aliphatic rings. The number of benzene rings is 1. The molecule has 1 aromatic carbocycles. The van der Waals surface area contributed by atoms with Crippen LogP contribution in [0, 0.1) is 0 Å². The number of rotatable bonds is 12. The van der Waals surface area contributed by atoms with Gasteiger partial charge in [0.25, 0.3) is 0 Å². The van der Waals surface area contributed by atoms with Crippen molar-refractivity contribution in [3.05, 3.63) is 72.5 Å². The highest BCUT2D eigenvalue weighted by atomic mass is 16.3. The van der Waals surface area contributed by atoms with Gasteiger partial charge in [0.05, 0.1) is 11.3 Å². The zero-order chi connectivity index (χ0) is 25.1. The predicted octanol–water partition coefficient (Wildman–Crippen LogP) is 6.29. The lowest BCUT2D eigenvalue weighted by Gasteiger charge is -2.18. The van der Waals surface area contributed by atoms with E-state index in [1.807, 2.05) is 45.1 Å². The summed E-state index contributed by atoms with van der Waals surface area (Å²) in [4.78, 5) is 11.3. The van der Waals surface area contributed by atoms with E-state index in [4.69, 9.17) is 4.98 Å². The van der Waals surface area contributed by atoms with Crippen molar-refractivity contribution in [3.8, 4) is 11.3 Å². The maximum atomic E-state index is 10.1. The first kappa shape index (κ1) is 27.1. The minimum Gasteiger partial charge on any atom is -0.390 e. The average molecular weight is 461 g/mol. The number of nitrogens with one attached hydrogen (secondary N) is 1. The van der Waals surface area contributed by atoms with E-state index in [0.29, 0.717) is 6.42 Å². The Balaban J connectivity index is 2.47. The molecule has 2 aromatic rings. The minimum atomic E-state index is -0.675. The second-order valence-corrected chi connectivity index (χ2v) is 9.22. The predicted molar refractivity (Wildman–Crippen MR) is 148 cm³/mol. The lowest BCUT2D eigenvalue weighted by atomic mass is 10.00. The highest BCUT2D eigenvalue weighted by molar-refractivity contribution is 6.11. The molecule has 0 fully saturated rings. The van der Waals surface area contributed by atoms with Gasteiger partial charge in [-0.05, 0) is 68.0 Å². The maximum absolute atomic E-state index is 10.1. The monoisotopic (exact) mass is 460 g/mol. The number of hydrogen-bond acceptors (Lipinski definition) is 5. The molecular formula is C29H40N4O. The van der Waals surface area contributed by atoms with Crippen molar-refractivity contribution in [3.63, 3.8) is 0 Å². The van der Waals surface area contributed by atoms with Gasteiger partial charge in [-0.15, -0.1) is 0 Å². The van der Waals surface area contributed by atoms with Gasteiger partial charge in [-0.3, -0.25) is 4.99 Å². The SMILES string of the molecule is C=C/C(=C\N(C)C)c1cccc(-c2ccc(/C(C=NC)=C/CC)c(NCCCC(C)(C)O)n2)c1. The number of pyridine rings is 1. The first-order valence-corrected chi connectivity index (χ1v) is 11.9. The molecule has 5 heteroatoms. The molecule has 0 atom stereocenters. The zero-order valence-electron chi connectivity index (χ0n) is 21.6. The maximum Gasteiger partial charge on any atom is 0.134 e. The Kier molecular flexibility index (Phi) is 10.3. The molecule has 0 unspecified atom stereocenters. The van der Waals surface area contributed by atoms with Crippen molar-refractivity contribution < 1.29 is 5.11 Å². The molecule has 2 N–H and O–H groups in total. The van der Waals surface area contributed by atoms with Crippen molar-refractivity contribution in [2.75, 3.05) is 33.0 Å². The van der Waals surface area contributed by atoms with Crippen molar-refractivity contribution >= 4 is 23.2 Å². The molecule has 0 aliphatic carbocycles. The molecule has 0 spiro atoms. The van der Waals surface area contributed by atoms with E-state index in [9.17, 15) is 5.11 Å². The summed E-state index contributed by atoms with van der Waals surface area (Å²) < 4.78 is 0. The molecule has 0 aliphatic heterocycles. The Morgan fingerprint density at radius 2 is 1.97 bits per heavy atom. The third-order valence-corrected chi connectivity index (χ3v) is 5.27. The van der Waals surface area contributed by atoms with Crippen LogP contribution in [0.25, 0.3) is 22.4 Å². The first-order valence-electron chi connectivity index (χ1n) is 11.9. The van der Waals surface area contributed by atoms with Crippen LogP contribution in [0.1, 0.15) is 51.2 Å². The Labute approximate surface area is 205 Å². The number of allylic oxidation sites excluding steroid dienone is 4. The summed E-state index contributed by atoms with van der Waals surface area (Å²) in [6.45, 7) is 10.5. The Morgan fingerprint density at radius 3 is 2.59 bits per heavy atom. The summed E-state index contributed by atoms with van der Waals surface area (Å²) in [6, 6.07) is 12.5. The molecule has 0 radical (unpaired) electrons. The molecule has 0 saturated carbocycles. The first-order chi connectivity index (χ1) is 16.2. The van der Waals surface area contributed by atoms with Crippen LogP contribution in [0.5, 0.6) is 0 Å². The van der Waals surface area contributed by atoms with Gasteiger partial charge in [-0.25, -0.2) is 4.98 Å². The van der Waals surface area contributed by atoms with E-state index < -0.39 is 5.60 Å². The zero-order valence-corrected chi connectivity index (χ0v) is 21.6. The van der Waals surface area contributed by atoms with Gasteiger partial charge in [0.2, 0.25) is 0 Å². The van der Waals surface area contributed by atoms with Crippen molar-refractivity contribution in [1.82, 2.24) is 9.88 Å². The molecule has 0 amide bonds. The van der Waals surface area contributed by atoms with Crippen LogP contribution in [0.3, 0.4) is 0 Å². The number of hydrogen-bond donors (Lipinski definition) is 2. The molecule has 2 rings (SSSR count). The number of aliphatic hydroxyl groups is 1. The van der Waals surface area contributed by atoms with Gasteiger partial charge in [-0.2, -0.15) is 0 Å². The summed E-state index contributed by atoms with van der Waals surface area (Å²) in [5.74, 6) is 0.825. The quantitative estimate of drug-likeness (QED) is 0.222. The van der Waals surface area contributed by atoms with Crippen molar-refractivity contribution in [2.24, 2.45) is 4.99 Å². The van der Waals surface area contributed by atoms with Crippen LogP contribution in [0.4, 0.5) is 5.82 Å². The lowest BCUT2D eigenvalue weighted by Crippen LogP contribution is -2.20. The van der Waals surface area contributed by atoms with Crippen LogP contribution < -0.4 is 5.32 Å². The van der Waals surface area contributed by atoms with Crippen LogP contribution >= 0.6 is 0 Å². The summed E-state index contributed by atoms with van der Waals surface area (Å²) in [5, 5.41) is 13.6. The fourth-order valence-corrected chi connectivity index (χ4v) is 3.69. The summed E-state index contributed by atoms with van der Waals surface area (Å²) in [7, 11) is 5.79. The standard InChI is InChI=1S/C29H40N4O/c1-8-12-25(20-30-5)26-15-16-27(32-28(26)31-18-11-17-29(3,4)34)24-14-10-13-23(19-24)22(9-2)21-33(6)7/h9-10,12-16,19-21,34H,2,8,11,17-18H2,1,3-7H3,(H,31,32)/b22-21+,25-12+,30-20?. The largest absolute Gasteiger partial charge is 0.390 e. The molecule has 0 bridgehead atoms. The second-order valence-electron chi connectivity index (χ2n) is 9.22. The molecule has 182 valence electrons. The van der Waals surface area contributed by atoms with Crippen molar-refractivity contribution in [2.45, 2.75) is 45.6 Å². The topological polar surface area (TPSA) is 60.8 Å². The summed E-state index contributed by atoms with van der Waals surface area (Å²) >= 11 is 0. The van der Waals surface area contributed by atoms with Gasteiger partial charge < -0.3 is 15.3 Å². The smallest absolute Gasteiger partial charge is 0.134 e. The van der Waals surface area contributed by atoms with E-state index in [-0.39, 0.29) is 0 Å². The second kappa shape index (κ2) is 12.9. The molecule has 5 nitrogen and oxygen atoms in total. The van der Waals surface area contributed by atoms with Crippen LogP contribution in [-0.4, -0.2) is 54.5 Å². The number of aromatic nitrogens is 1. The third-order valence-electron chi connectivity index (χ3n) is 5.27. The lowest BCUT2D eigenvalue weighted by molar-refractivity contribution is 0.0698. The van der Waals surface area contributed by atoms with E-state index in [1.165, 1.54) is 0 Å². The van der Waals surface area contributed by atoms with E-state index >= 15 is 0 Å². The summed E-state index contributed by atoms with van der Waals surface area (Å²) in [6.07, 6.45) is 10.4. The minimum absolute atomic E-state index is 0.675. The van der Waals surface area contributed by atoms with Crippen LogP contribution in [-0.2, 0) is 0 Å². The molecule has 1 aromatic heterocycles. The molecule has 34 heavy (non-hydrogen) atoms. The van der Waals surface area contributed by atoms with Gasteiger partial charge in [0, 0.05) is 51.2 Å². The fraction of sp³-hybridized carbons (Fsp3) is 0.379. The number of anilines is 1. The average Bonchev–Trinajstić information content (AvgIpc) is 2.79. The van der Waals surface area contributed by atoms with Gasteiger partial charge >= 0.3 is 0 Å². The van der Waals surface area contributed by atoms with E-state index in [0.717, 1.165) is 58.7 Å². The highest BCUT2D eigenvalue weighted by Gasteiger charge is 2.14. The molecule has 0 saturated heterocycles. The fourth-order valence-electron chi connectivity index (χ4n) is 3.69. The van der Waals surface area contributed by atoms with Gasteiger partial charge in [0.1, 0.15) is 5.82 Å². The molecule has 1 heterocycles. The number of aliphatic imine (C=N–C) groups is 1.